The average Bonchev–Trinajstić information content (AvgIpc) is 3.05. The zero-order chi connectivity index (χ0) is 16.4. The van der Waals surface area contributed by atoms with Crippen molar-refractivity contribution in [2.24, 2.45) is 0 Å². The summed E-state index contributed by atoms with van der Waals surface area (Å²) in [6.07, 6.45) is 1.64. The molecule has 0 aliphatic carbocycles. The van der Waals surface area contributed by atoms with Gasteiger partial charge in [-0.3, -0.25) is 9.89 Å². The standard InChI is InChI=1S/C16H20ClN5O/c1-11(2)13-9-14(20-19-13)16(23)22-7-5-21(6-8-22)15-4-3-12(17)10-18-15/h3-4,9-11H,5-8H2,1-2H3,(H,19,20). The van der Waals surface area contributed by atoms with E-state index in [1.54, 1.807) is 6.20 Å². The second-order valence-electron chi connectivity index (χ2n) is 5.98. The number of H-pyrrole nitrogens is 1. The van der Waals surface area contributed by atoms with Crippen LogP contribution < -0.4 is 4.90 Å². The van der Waals surface area contributed by atoms with Crippen molar-refractivity contribution < 1.29 is 4.79 Å². The van der Waals surface area contributed by atoms with Crippen molar-refractivity contribution in [1.82, 2.24) is 20.1 Å². The first-order valence-electron chi connectivity index (χ1n) is 7.75. The van der Waals surface area contributed by atoms with E-state index in [1.165, 1.54) is 0 Å². The van der Waals surface area contributed by atoms with Gasteiger partial charge in [-0.15, -0.1) is 0 Å². The minimum atomic E-state index is -0.0168. The average molecular weight is 334 g/mol. The SMILES string of the molecule is CC(C)c1cc(C(=O)N2CCN(c3ccc(Cl)cn3)CC2)n[nH]1. The van der Waals surface area contributed by atoms with Crippen molar-refractivity contribution in [2.75, 3.05) is 31.1 Å². The lowest BCUT2D eigenvalue weighted by Crippen LogP contribution is -2.49. The molecule has 0 atom stereocenters. The lowest BCUT2D eigenvalue weighted by atomic mass is 10.1. The van der Waals surface area contributed by atoms with E-state index in [1.807, 2.05) is 23.1 Å². The second-order valence-corrected chi connectivity index (χ2v) is 6.41. The molecule has 3 rings (SSSR count). The van der Waals surface area contributed by atoms with Gasteiger partial charge >= 0.3 is 0 Å². The molecule has 0 unspecified atom stereocenters. The van der Waals surface area contributed by atoms with E-state index >= 15 is 0 Å². The maximum absolute atomic E-state index is 12.5. The molecule has 1 saturated heterocycles. The number of halogens is 1. The van der Waals surface area contributed by atoms with Gasteiger partial charge in [0.05, 0.1) is 5.02 Å². The highest BCUT2D eigenvalue weighted by Crippen LogP contribution is 2.18. The van der Waals surface area contributed by atoms with Crippen molar-refractivity contribution >= 4 is 23.3 Å². The molecule has 0 radical (unpaired) electrons. The van der Waals surface area contributed by atoms with E-state index in [0.29, 0.717) is 29.7 Å². The lowest BCUT2D eigenvalue weighted by Gasteiger charge is -2.35. The van der Waals surface area contributed by atoms with Crippen molar-refractivity contribution in [1.29, 1.82) is 0 Å². The van der Waals surface area contributed by atoms with Crippen LogP contribution in [0.3, 0.4) is 0 Å². The summed E-state index contributed by atoms with van der Waals surface area (Å²) in [4.78, 5) is 20.8. The molecule has 6 nitrogen and oxygen atoms in total. The molecule has 1 amide bonds. The molecule has 23 heavy (non-hydrogen) atoms. The molecule has 2 aromatic heterocycles. The van der Waals surface area contributed by atoms with Crippen LogP contribution >= 0.6 is 11.6 Å². The van der Waals surface area contributed by atoms with Gasteiger partial charge in [0.2, 0.25) is 0 Å². The number of piperazine rings is 1. The van der Waals surface area contributed by atoms with Crippen LogP contribution in [0.5, 0.6) is 0 Å². The third-order valence-corrected chi connectivity index (χ3v) is 4.27. The Labute approximate surface area is 140 Å². The van der Waals surface area contributed by atoms with Crippen LogP contribution in [0.15, 0.2) is 24.4 Å². The predicted octanol–water partition coefficient (Wildman–Crippen LogP) is 2.54. The van der Waals surface area contributed by atoms with Crippen LogP contribution in [0.2, 0.25) is 5.02 Å². The van der Waals surface area contributed by atoms with Crippen LogP contribution in [0.25, 0.3) is 0 Å². The Bertz CT molecular complexity index is 674. The summed E-state index contributed by atoms with van der Waals surface area (Å²) in [6.45, 7) is 6.96. The summed E-state index contributed by atoms with van der Waals surface area (Å²) >= 11 is 5.86. The monoisotopic (exact) mass is 333 g/mol. The number of amides is 1. The first-order valence-corrected chi connectivity index (χ1v) is 8.13. The molecule has 1 aliphatic heterocycles. The Morgan fingerprint density at radius 2 is 2.00 bits per heavy atom. The molecule has 7 heteroatoms. The third-order valence-electron chi connectivity index (χ3n) is 4.04. The van der Waals surface area contributed by atoms with E-state index in [4.69, 9.17) is 11.6 Å². The Morgan fingerprint density at radius 3 is 2.57 bits per heavy atom. The maximum Gasteiger partial charge on any atom is 0.274 e. The summed E-state index contributed by atoms with van der Waals surface area (Å²) in [5.74, 6) is 1.21. The van der Waals surface area contributed by atoms with Gasteiger partial charge in [-0.25, -0.2) is 4.98 Å². The van der Waals surface area contributed by atoms with Crippen LogP contribution in [-0.4, -0.2) is 52.2 Å². The minimum absolute atomic E-state index is 0.0168. The first kappa shape index (κ1) is 15.8. The third kappa shape index (κ3) is 3.47. The maximum atomic E-state index is 12.5. The highest BCUT2D eigenvalue weighted by molar-refractivity contribution is 6.30. The molecular formula is C16H20ClN5O. The number of carbonyl (C=O) groups excluding carboxylic acids is 1. The summed E-state index contributed by atoms with van der Waals surface area (Å²) in [7, 11) is 0. The number of rotatable bonds is 3. The summed E-state index contributed by atoms with van der Waals surface area (Å²) in [6, 6.07) is 5.58. The normalized spacial score (nSPS) is 15.3. The van der Waals surface area contributed by atoms with Crippen LogP contribution in [-0.2, 0) is 0 Å². The van der Waals surface area contributed by atoms with Gasteiger partial charge in [0, 0.05) is 38.1 Å². The topological polar surface area (TPSA) is 65.1 Å². The molecule has 2 aromatic rings. The van der Waals surface area contributed by atoms with Gasteiger partial charge in [-0.05, 0) is 24.1 Å². The molecule has 0 aromatic carbocycles. The molecule has 0 spiro atoms. The Hall–Kier alpha value is -2.08. The Morgan fingerprint density at radius 1 is 1.26 bits per heavy atom. The summed E-state index contributed by atoms with van der Waals surface area (Å²) in [5, 5.41) is 7.70. The van der Waals surface area contributed by atoms with Gasteiger partial charge in [0.1, 0.15) is 11.5 Å². The largest absolute Gasteiger partial charge is 0.353 e. The number of hydrogen-bond donors (Lipinski definition) is 1. The van der Waals surface area contributed by atoms with Crippen molar-refractivity contribution in [3.8, 4) is 0 Å². The molecule has 3 heterocycles. The number of aromatic amines is 1. The fraction of sp³-hybridized carbons (Fsp3) is 0.438. The fourth-order valence-corrected chi connectivity index (χ4v) is 2.71. The summed E-state index contributed by atoms with van der Waals surface area (Å²) in [5.41, 5.74) is 1.48. The molecule has 1 N–H and O–H groups in total. The van der Waals surface area contributed by atoms with Crippen LogP contribution in [0.1, 0.15) is 35.9 Å². The quantitative estimate of drug-likeness (QED) is 0.937. The highest BCUT2D eigenvalue weighted by Gasteiger charge is 2.24. The highest BCUT2D eigenvalue weighted by atomic mass is 35.5. The second kappa shape index (κ2) is 6.58. The first-order chi connectivity index (χ1) is 11.0. The van der Waals surface area contributed by atoms with Gasteiger partial charge in [0.15, 0.2) is 0 Å². The van der Waals surface area contributed by atoms with E-state index in [-0.39, 0.29) is 5.91 Å². The number of carbonyl (C=O) groups is 1. The van der Waals surface area contributed by atoms with E-state index < -0.39 is 0 Å². The smallest absolute Gasteiger partial charge is 0.274 e. The molecule has 122 valence electrons. The minimum Gasteiger partial charge on any atom is -0.353 e. The van der Waals surface area contributed by atoms with E-state index in [0.717, 1.165) is 24.6 Å². The lowest BCUT2D eigenvalue weighted by molar-refractivity contribution is 0.0740. The number of aromatic nitrogens is 3. The number of nitrogens with one attached hydrogen (secondary N) is 1. The fourth-order valence-electron chi connectivity index (χ4n) is 2.60. The van der Waals surface area contributed by atoms with Gasteiger partial charge in [-0.1, -0.05) is 25.4 Å². The zero-order valence-electron chi connectivity index (χ0n) is 13.3. The Balaban J connectivity index is 1.61. The molecule has 1 fully saturated rings. The van der Waals surface area contributed by atoms with Crippen molar-refractivity contribution in [3.05, 3.63) is 40.8 Å². The molecule has 0 saturated carbocycles. The van der Waals surface area contributed by atoms with Gasteiger partial charge in [-0.2, -0.15) is 5.10 Å². The Kier molecular flexibility index (Phi) is 4.52. The van der Waals surface area contributed by atoms with E-state index in [9.17, 15) is 4.79 Å². The summed E-state index contributed by atoms with van der Waals surface area (Å²) < 4.78 is 0. The van der Waals surface area contributed by atoms with Gasteiger partial charge in [0.25, 0.3) is 5.91 Å². The number of pyridine rings is 1. The zero-order valence-corrected chi connectivity index (χ0v) is 14.0. The predicted molar refractivity (Wildman–Crippen MR) is 90.0 cm³/mol. The molecule has 1 aliphatic rings. The van der Waals surface area contributed by atoms with Crippen LogP contribution in [0.4, 0.5) is 5.82 Å². The van der Waals surface area contributed by atoms with Crippen LogP contribution in [0, 0.1) is 0 Å². The van der Waals surface area contributed by atoms with Crippen molar-refractivity contribution in [3.63, 3.8) is 0 Å². The number of hydrogen-bond acceptors (Lipinski definition) is 4. The van der Waals surface area contributed by atoms with Crippen molar-refractivity contribution in [2.45, 2.75) is 19.8 Å². The van der Waals surface area contributed by atoms with E-state index in [2.05, 4.69) is 33.9 Å². The molecule has 0 bridgehead atoms. The molecular weight excluding hydrogens is 314 g/mol. The number of nitrogens with zero attached hydrogens (tertiary/aromatic N) is 4. The van der Waals surface area contributed by atoms with Gasteiger partial charge < -0.3 is 9.80 Å². The number of anilines is 1.